The highest BCUT2D eigenvalue weighted by Crippen LogP contribution is 2.22. The van der Waals surface area contributed by atoms with Crippen molar-refractivity contribution in [2.45, 2.75) is 45.6 Å². The maximum Gasteiger partial charge on any atom is 0.254 e. The van der Waals surface area contributed by atoms with Crippen LogP contribution in [-0.2, 0) is 0 Å². The lowest BCUT2D eigenvalue weighted by molar-refractivity contribution is 0.0574. The molecule has 1 fully saturated rings. The summed E-state index contributed by atoms with van der Waals surface area (Å²) >= 11 is 0. The van der Waals surface area contributed by atoms with Crippen LogP contribution in [0.25, 0.3) is 0 Å². The molecule has 2 heterocycles. The molecule has 0 aromatic carbocycles. The van der Waals surface area contributed by atoms with Crippen LogP contribution in [-0.4, -0.2) is 40.1 Å². The van der Waals surface area contributed by atoms with E-state index in [1.165, 1.54) is 0 Å². The number of hydrogen-bond donors (Lipinski definition) is 1. The normalized spacial score (nSPS) is 19.5. The van der Waals surface area contributed by atoms with Gasteiger partial charge in [-0.1, -0.05) is 0 Å². The predicted molar refractivity (Wildman–Crippen MR) is 74.1 cm³/mol. The zero-order chi connectivity index (χ0) is 13.8. The van der Waals surface area contributed by atoms with Crippen LogP contribution in [0.5, 0.6) is 0 Å². The Morgan fingerprint density at radius 1 is 1.37 bits per heavy atom. The molecule has 2 rings (SSSR count). The van der Waals surface area contributed by atoms with E-state index in [0.717, 1.165) is 42.8 Å². The van der Waals surface area contributed by atoms with E-state index in [2.05, 4.69) is 4.98 Å². The van der Waals surface area contributed by atoms with Gasteiger partial charge in [-0.3, -0.25) is 9.78 Å². The molecule has 1 aromatic rings. The standard InChI is InChI=1S/C15H22N2O2/c1-11-9-13(10-12(2)16-11)15(19)17-7-4-3-5-14(17)6-8-18/h9-10,14,18H,3-8H2,1-2H3/t14-/m0/s1. The zero-order valence-corrected chi connectivity index (χ0v) is 11.7. The van der Waals surface area contributed by atoms with Crippen LogP contribution >= 0.6 is 0 Å². The molecular weight excluding hydrogens is 240 g/mol. The van der Waals surface area contributed by atoms with Crippen molar-refractivity contribution in [3.05, 3.63) is 29.1 Å². The number of nitrogens with zero attached hydrogens (tertiary/aromatic N) is 2. The van der Waals surface area contributed by atoms with Crippen molar-refractivity contribution in [2.24, 2.45) is 0 Å². The van der Waals surface area contributed by atoms with Crippen LogP contribution in [0.4, 0.5) is 0 Å². The minimum absolute atomic E-state index is 0.0757. The first kappa shape index (κ1) is 14.0. The van der Waals surface area contributed by atoms with E-state index in [0.29, 0.717) is 6.42 Å². The van der Waals surface area contributed by atoms with Gasteiger partial charge < -0.3 is 10.0 Å². The molecule has 0 radical (unpaired) electrons. The fourth-order valence-electron chi connectivity index (χ4n) is 2.84. The lowest BCUT2D eigenvalue weighted by Gasteiger charge is -2.35. The Bertz CT molecular complexity index is 437. The van der Waals surface area contributed by atoms with E-state index in [1.807, 2.05) is 30.9 Å². The third kappa shape index (κ3) is 3.32. The number of piperidine rings is 1. The number of hydrogen-bond acceptors (Lipinski definition) is 3. The molecule has 0 unspecified atom stereocenters. The molecule has 1 aromatic heterocycles. The minimum Gasteiger partial charge on any atom is -0.396 e. The molecule has 19 heavy (non-hydrogen) atoms. The topological polar surface area (TPSA) is 53.4 Å². The number of rotatable bonds is 3. The van der Waals surface area contributed by atoms with Crippen molar-refractivity contribution in [3.8, 4) is 0 Å². The average Bonchev–Trinajstić information content (AvgIpc) is 2.38. The first-order valence-corrected chi connectivity index (χ1v) is 6.99. The van der Waals surface area contributed by atoms with E-state index < -0.39 is 0 Å². The second-order valence-corrected chi connectivity index (χ2v) is 5.30. The zero-order valence-electron chi connectivity index (χ0n) is 11.7. The molecule has 0 saturated carbocycles. The van der Waals surface area contributed by atoms with Gasteiger partial charge in [0.05, 0.1) is 0 Å². The third-order valence-corrected chi connectivity index (χ3v) is 3.68. The molecule has 1 aliphatic heterocycles. The summed E-state index contributed by atoms with van der Waals surface area (Å²) in [5.41, 5.74) is 2.47. The Morgan fingerprint density at radius 2 is 2.05 bits per heavy atom. The number of aromatic nitrogens is 1. The molecule has 104 valence electrons. The largest absolute Gasteiger partial charge is 0.396 e. The Balaban J connectivity index is 2.20. The van der Waals surface area contributed by atoms with E-state index >= 15 is 0 Å². The smallest absolute Gasteiger partial charge is 0.254 e. The van der Waals surface area contributed by atoms with Crippen LogP contribution in [0, 0.1) is 13.8 Å². The minimum atomic E-state index is 0.0757. The van der Waals surface area contributed by atoms with Gasteiger partial charge in [-0.05, 0) is 51.7 Å². The SMILES string of the molecule is Cc1cc(C(=O)N2CCCC[C@H]2CCO)cc(C)n1. The van der Waals surface area contributed by atoms with Gasteiger partial charge in [-0.15, -0.1) is 0 Å². The third-order valence-electron chi connectivity index (χ3n) is 3.68. The summed E-state index contributed by atoms with van der Waals surface area (Å²) in [5, 5.41) is 9.13. The number of carbonyl (C=O) groups is 1. The second kappa shape index (κ2) is 6.15. The summed E-state index contributed by atoms with van der Waals surface area (Å²) in [6, 6.07) is 3.87. The number of aliphatic hydroxyl groups is 1. The summed E-state index contributed by atoms with van der Waals surface area (Å²) < 4.78 is 0. The van der Waals surface area contributed by atoms with Gasteiger partial charge in [-0.25, -0.2) is 0 Å². The van der Waals surface area contributed by atoms with Crippen LogP contribution in [0.1, 0.15) is 47.4 Å². The van der Waals surface area contributed by atoms with Gasteiger partial charge in [-0.2, -0.15) is 0 Å². The Hall–Kier alpha value is -1.42. The maximum absolute atomic E-state index is 12.6. The molecule has 4 heteroatoms. The molecule has 0 bridgehead atoms. The number of likely N-dealkylation sites (tertiary alicyclic amines) is 1. The Kier molecular flexibility index (Phi) is 4.53. The highest BCUT2D eigenvalue weighted by atomic mass is 16.3. The first-order chi connectivity index (χ1) is 9.11. The van der Waals surface area contributed by atoms with Crippen molar-refractivity contribution in [3.63, 3.8) is 0 Å². The fraction of sp³-hybridized carbons (Fsp3) is 0.600. The molecule has 1 atom stereocenters. The van der Waals surface area contributed by atoms with E-state index in [4.69, 9.17) is 5.11 Å². The molecular formula is C15H22N2O2. The van der Waals surface area contributed by atoms with Gasteiger partial charge in [0.25, 0.3) is 5.91 Å². The number of aliphatic hydroxyl groups excluding tert-OH is 1. The highest BCUT2D eigenvalue weighted by molar-refractivity contribution is 5.94. The lowest BCUT2D eigenvalue weighted by atomic mass is 9.98. The number of carbonyl (C=O) groups excluding carboxylic acids is 1. The fourth-order valence-corrected chi connectivity index (χ4v) is 2.84. The van der Waals surface area contributed by atoms with Crippen LogP contribution in [0.3, 0.4) is 0 Å². The molecule has 1 amide bonds. The molecule has 4 nitrogen and oxygen atoms in total. The summed E-state index contributed by atoms with van der Waals surface area (Å²) in [5.74, 6) is 0.0757. The van der Waals surface area contributed by atoms with Gasteiger partial charge in [0, 0.05) is 36.1 Å². The molecule has 1 N–H and O–H groups in total. The van der Waals surface area contributed by atoms with Gasteiger partial charge >= 0.3 is 0 Å². The van der Waals surface area contributed by atoms with Crippen LogP contribution in [0.15, 0.2) is 12.1 Å². The number of aryl methyl sites for hydroxylation is 2. The van der Waals surface area contributed by atoms with Crippen molar-refractivity contribution in [2.75, 3.05) is 13.2 Å². The summed E-state index contributed by atoms with van der Waals surface area (Å²) in [4.78, 5) is 18.8. The lowest BCUT2D eigenvalue weighted by Crippen LogP contribution is -2.44. The predicted octanol–water partition coefficient (Wildman–Crippen LogP) is 2.08. The second-order valence-electron chi connectivity index (χ2n) is 5.30. The van der Waals surface area contributed by atoms with Crippen molar-refractivity contribution < 1.29 is 9.90 Å². The number of amides is 1. The summed E-state index contributed by atoms with van der Waals surface area (Å²) in [6.45, 7) is 4.75. The first-order valence-electron chi connectivity index (χ1n) is 6.99. The van der Waals surface area contributed by atoms with Crippen molar-refractivity contribution in [1.29, 1.82) is 0 Å². The quantitative estimate of drug-likeness (QED) is 0.907. The Morgan fingerprint density at radius 3 is 2.68 bits per heavy atom. The van der Waals surface area contributed by atoms with E-state index in [1.54, 1.807) is 0 Å². The molecule has 0 aliphatic carbocycles. The Labute approximate surface area is 114 Å². The summed E-state index contributed by atoms with van der Waals surface area (Å²) in [6.07, 6.45) is 3.86. The van der Waals surface area contributed by atoms with Crippen LogP contribution < -0.4 is 0 Å². The van der Waals surface area contributed by atoms with E-state index in [9.17, 15) is 4.79 Å². The molecule has 0 spiro atoms. The van der Waals surface area contributed by atoms with Gasteiger partial charge in [0.15, 0.2) is 0 Å². The molecule has 1 saturated heterocycles. The maximum atomic E-state index is 12.6. The van der Waals surface area contributed by atoms with Gasteiger partial charge in [0.2, 0.25) is 0 Å². The highest BCUT2D eigenvalue weighted by Gasteiger charge is 2.27. The average molecular weight is 262 g/mol. The van der Waals surface area contributed by atoms with Gasteiger partial charge in [0.1, 0.15) is 0 Å². The molecule has 1 aliphatic rings. The van der Waals surface area contributed by atoms with Crippen molar-refractivity contribution >= 4 is 5.91 Å². The number of pyridine rings is 1. The summed E-state index contributed by atoms with van der Waals surface area (Å²) in [7, 11) is 0. The van der Waals surface area contributed by atoms with E-state index in [-0.39, 0.29) is 18.6 Å². The monoisotopic (exact) mass is 262 g/mol. The van der Waals surface area contributed by atoms with Crippen molar-refractivity contribution in [1.82, 2.24) is 9.88 Å². The van der Waals surface area contributed by atoms with Crippen LogP contribution in [0.2, 0.25) is 0 Å².